The molecule has 2 N–H and O–H groups in total. The number of carbonyl (C=O) groups excluding carboxylic acids is 1. The van der Waals surface area contributed by atoms with Crippen molar-refractivity contribution in [3.05, 3.63) is 81.8 Å². The summed E-state index contributed by atoms with van der Waals surface area (Å²) in [6, 6.07) is 19.3. The Labute approximate surface area is 203 Å². The van der Waals surface area contributed by atoms with Gasteiger partial charge in [0.05, 0.1) is 13.7 Å². The summed E-state index contributed by atoms with van der Waals surface area (Å²) in [4.78, 5) is 12.3. The monoisotopic (exact) mass is 512 g/mol. The number of nitrogens with one attached hydrogen (secondary N) is 2. The van der Waals surface area contributed by atoms with E-state index in [9.17, 15) is 4.79 Å². The minimum Gasteiger partial charge on any atom is -0.496 e. The van der Waals surface area contributed by atoms with E-state index in [-0.39, 0.29) is 12.5 Å². The smallest absolute Gasteiger partial charge is 0.262 e. The Kier molecular flexibility index (Phi) is 9.15. The van der Waals surface area contributed by atoms with E-state index in [1.807, 2.05) is 74.5 Å². The van der Waals surface area contributed by atoms with E-state index in [4.69, 9.17) is 14.2 Å². The summed E-state index contributed by atoms with van der Waals surface area (Å²) in [5.74, 6) is 1.72. The Morgan fingerprint density at radius 3 is 2.33 bits per heavy atom. The highest BCUT2D eigenvalue weighted by Gasteiger charge is 2.13. The Morgan fingerprint density at radius 1 is 0.909 bits per heavy atom. The topological polar surface area (TPSA) is 68.8 Å². The molecule has 0 aliphatic rings. The summed E-state index contributed by atoms with van der Waals surface area (Å²) in [6.07, 6.45) is 0. The molecule has 33 heavy (non-hydrogen) atoms. The van der Waals surface area contributed by atoms with E-state index in [1.165, 1.54) is 0 Å². The minimum atomic E-state index is -0.236. The highest BCUT2D eigenvalue weighted by atomic mass is 79.9. The van der Waals surface area contributed by atoms with Crippen LogP contribution in [0.5, 0.6) is 17.2 Å². The fourth-order valence-corrected chi connectivity index (χ4v) is 3.71. The number of rotatable bonds is 11. The third-order valence-corrected chi connectivity index (χ3v) is 5.67. The molecular weight excluding hydrogens is 484 g/mol. The average Bonchev–Trinajstić information content (AvgIpc) is 2.82. The number of halogens is 1. The van der Waals surface area contributed by atoms with E-state index in [0.29, 0.717) is 31.2 Å². The third kappa shape index (κ3) is 7.23. The van der Waals surface area contributed by atoms with Crippen LogP contribution in [0.4, 0.5) is 5.69 Å². The summed E-state index contributed by atoms with van der Waals surface area (Å²) < 4.78 is 17.8. The second-order valence-electron chi connectivity index (χ2n) is 7.44. The average molecular weight is 513 g/mol. The van der Waals surface area contributed by atoms with Gasteiger partial charge in [0.15, 0.2) is 18.1 Å². The first kappa shape index (κ1) is 24.6. The Hall–Kier alpha value is -3.03. The zero-order valence-corrected chi connectivity index (χ0v) is 20.7. The van der Waals surface area contributed by atoms with Crippen LogP contribution < -0.4 is 24.8 Å². The maximum Gasteiger partial charge on any atom is 0.262 e. The first-order valence-electron chi connectivity index (χ1n) is 10.8. The highest BCUT2D eigenvalue weighted by molar-refractivity contribution is 9.10. The molecule has 0 aliphatic carbocycles. The van der Waals surface area contributed by atoms with Crippen LogP contribution in [0, 0.1) is 6.92 Å². The van der Waals surface area contributed by atoms with E-state index < -0.39 is 0 Å². The van der Waals surface area contributed by atoms with Crippen molar-refractivity contribution in [2.45, 2.75) is 26.9 Å². The number of aryl methyl sites for hydroxylation is 1. The first-order chi connectivity index (χ1) is 16.0. The van der Waals surface area contributed by atoms with Crippen LogP contribution >= 0.6 is 15.9 Å². The molecular formula is C26H29BrN2O4. The molecule has 3 aromatic rings. The number of para-hydroxylation sites is 1. The van der Waals surface area contributed by atoms with Gasteiger partial charge < -0.3 is 24.8 Å². The quantitative estimate of drug-likeness (QED) is 0.356. The standard InChI is InChI=1S/C26H29BrN2O4/c1-4-32-24-13-20(16-28-15-19-7-5-6-8-23(19)31-3)22(27)14-25(24)33-17-26(30)29-21-11-9-18(2)10-12-21/h5-14,28H,4,15-17H2,1-3H3,(H,29,30). The van der Waals surface area contributed by atoms with Gasteiger partial charge in [0.1, 0.15) is 5.75 Å². The van der Waals surface area contributed by atoms with Crippen molar-refractivity contribution in [1.82, 2.24) is 5.32 Å². The van der Waals surface area contributed by atoms with Crippen molar-refractivity contribution in [2.75, 3.05) is 25.6 Å². The Bertz CT molecular complexity index is 1070. The summed E-state index contributed by atoms with van der Waals surface area (Å²) in [5, 5.41) is 6.27. The summed E-state index contributed by atoms with van der Waals surface area (Å²) in [5.41, 5.74) is 3.97. The number of ether oxygens (including phenoxy) is 3. The molecule has 0 aromatic heterocycles. The predicted molar refractivity (Wildman–Crippen MR) is 134 cm³/mol. The van der Waals surface area contributed by atoms with Crippen LogP contribution in [-0.4, -0.2) is 26.2 Å². The van der Waals surface area contributed by atoms with Gasteiger partial charge in [-0.3, -0.25) is 4.79 Å². The van der Waals surface area contributed by atoms with Crippen molar-refractivity contribution >= 4 is 27.5 Å². The van der Waals surface area contributed by atoms with Gasteiger partial charge in [0.25, 0.3) is 5.91 Å². The fraction of sp³-hybridized carbons (Fsp3) is 0.269. The lowest BCUT2D eigenvalue weighted by molar-refractivity contribution is -0.118. The highest BCUT2D eigenvalue weighted by Crippen LogP contribution is 2.34. The molecule has 0 saturated carbocycles. The lowest BCUT2D eigenvalue weighted by Crippen LogP contribution is -2.20. The lowest BCUT2D eigenvalue weighted by atomic mass is 10.1. The number of carbonyl (C=O) groups is 1. The van der Waals surface area contributed by atoms with E-state index in [1.54, 1.807) is 7.11 Å². The number of amides is 1. The lowest BCUT2D eigenvalue weighted by Gasteiger charge is -2.16. The third-order valence-electron chi connectivity index (χ3n) is 4.93. The molecule has 0 unspecified atom stereocenters. The van der Waals surface area contributed by atoms with E-state index in [0.717, 1.165) is 32.6 Å². The fourth-order valence-electron chi connectivity index (χ4n) is 3.25. The Morgan fingerprint density at radius 2 is 1.61 bits per heavy atom. The van der Waals surface area contributed by atoms with E-state index >= 15 is 0 Å². The van der Waals surface area contributed by atoms with Crippen molar-refractivity contribution in [2.24, 2.45) is 0 Å². The molecule has 0 radical (unpaired) electrons. The van der Waals surface area contributed by atoms with Crippen LogP contribution in [0.2, 0.25) is 0 Å². The number of methoxy groups -OCH3 is 1. The van der Waals surface area contributed by atoms with Gasteiger partial charge in [0, 0.05) is 28.8 Å². The van der Waals surface area contributed by atoms with Crippen LogP contribution in [0.15, 0.2) is 65.1 Å². The molecule has 174 valence electrons. The van der Waals surface area contributed by atoms with Crippen LogP contribution in [0.1, 0.15) is 23.6 Å². The largest absolute Gasteiger partial charge is 0.496 e. The zero-order valence-electron chi connectivity index (χ0n) is 19.1. The van der Waals surface area contributed by atoms with Crippen LogP contribution in [0.25, 0.3) is 0 Å². The number of hydrogen-bond acceptors (Lipinski definition) is 5. The molecule has 3 rings (SSSR count). The molecule has 0 atom stereocenters. The molecule has 6 nitrogen and oxygen atoms in total. The Balaban J connectivity index is 1.62. The van der Waals surface area contributed by atoms with Gasteiger partial charge in [-0.05, 0) is 49.7 Å². The van der Waals surface area contributed by atoms with Gasteiger partial charge >= 0.3 is 0 Å². The maximum absolute atomic E-state index is 12.3. The molecule has 0 saturated heterocycles. The maximum atomic E-state index is 12.3. The second-order valence-corrected chi connectivity index (χ2v) is 8.30. The molecule has 1 amide bonds. The second kappa shape index (κ2) is 12.3. The normalized spacial score (nSPS) is 10.5. The van der Waals surface area contributed by atoms with E-state index in [2.05, 4.69) is 26.6 Å². The van der Waals surface area contributed by atoms with Crippen LogP contribution in [-0.2, 0) is 17.9 Å². The van der Waals surface area contributed by atoms with Crippen LogP contribution in [0.3, 0.4) is 0 Å². The summed E-state index contributed by atoms with van der Waals surface area (Å²) >= 11 is 3.61. The molecule has 3 aromatic carbocycles. The van der Waals surface area contributed by atoms with Crippen molar-refractivity contribution in [1.29, 1.82) is 0 Å². The molecule has 7 heteroatoms. The van der Waals surface area contributed by atoms with Gasteiger partial charge in [-0.2, -0.15) is 0 Å². The molecule has 0 fully saturated rings. The molecule has 0 bridgehead atoms. The van der Waals surface area contributed by atoms with Gasteiger partial charge in [-0.1, -0.05) is 51.8 Å². The number of anilines is 1. The number of benzene rings is 3. The SMILES string of the molecule is CCOc1cc(CNCc2ccccc2OC)c(Br)cc1OCC(=O)Nc1ccc(C)cc1. The zero-order chi connectivity index (χ0) is 23.6. The van der Waals surface area contributed by atoms with Gasteiger partial charge in [0.2, 0.25) is 0 Å². The summed E-state index contributed by atoms with van der Waals surface area (Å²) in [6.45, 7) is 5.56. The first-order valence-corrected chi connectivity index (χ1v) is 11.6. The molecule has 0 aliphatic heterocycles. The van der Waals surface area contributed by atoms with Crippen molar-refractivity contribution in [3.8, 4) is 17.2 Å². The number of hydrogen-bond donors (Lipinski definition) is 2. The van der Waals surface area contributed by atoms with Gasteiger partial charge in [-0.15, -0.1) is 0 Å². The summed E-state index contributed by atoms with van der Waals surface area (Å²) in [7, 11) is 1.67. The molecule has 0 heterocycles. The predicted octanol–water partition coefficient (Wildman–Crippen LogP) is 5.47. The minimum absolute atomic E-state index is 0.119. The van der Waals surface area contributed by atoms with Gasteiger partial charge in [-0.25, -0.2) is 0 Å². The van der Waals surface area contributed by atoms with Crippen molar-refractivity contribution < 1.29 is 19.0 Å². The van der Waals surface area contributed by atoms with Crippen molar-refractivity contribution in [3.63, 3.8) is 0 Å². The molecule has 0 spiro atoms.